The van der Waals surface area contributed by atoms with Gasteiger partial charge in [-0.05, 0) is 55.5 Å². The van der Waals surface area contributed by atoms with E-state index < -0.39 is 0 Å². The van der Waals surface area contributed by atoms with E-state index in [1.54, 1.807) is 11.8 Å². The Balaban J connectivity index is 1.77. The van der Waals surface area contributed by atoms with E-state index in [9.17, 15) is 5.26 Å². The summed E-state index contributed by atoms with van der Waals surface area (Å²) in [6.45, 7) is 7.64. The molecule has 3 rings (SSSR count). The van der Waals surface area contributed by atoms with Crippen molar-refractivity contribution in [1.82, 2.24) is 5.48 Å². The zero-order chi connectivity index (χ0) is 22.9. The number of aliphatic hydroxyl groups excluding tert-OH is 1. The number of rotatable bonds is 10. The maximum Gasteiger partial charge on any atom is 0.137 e. The van der Waals surface area contributed by atoms with Gasteiger partial charge in [-0.2, -0.15) is 15.8 Å². The molecule has 0 bridgehead atoms. The molecule has 8 heteroatoms. The monoisotopic (exact) mass is 452 g/mol. The highest BCUT2D eigenvalue weighted by atomic mass is 32.2. The van der Waals surface area contributed by atoms with Crippen molar-refractivity contribution < 1.29 is 14.7 Å². The van der Waals surface area contributed by atoms with Crippen molar-refractivity contribution in [2.45, 2.75) is 44.6 Å². The van der Waals surface area contributed by atoms with Crippen LogP contribution in [0.1, 0.15) is 54.1 Å². The van der Waals surface area contributed by atoms with Crippen molar-refractivity contribution in [3.05, 3.63) is 64.2 Å². The number of nitriles is 1. The molecule has 1 aliphatic rings. The summed E-state index contributed by atoms with van der Waals surface area (Å²) in [6.07, 6.45) is 1.80. The third-order valence-electron chi connectivity index (χ3n) is 4.98. The number of nitrogens with one attached hydrogen (secondary N) is 1. The molecular weight excluding hydrogens is 424 g/mol. The van der Waals surface area contributed by atoms with Gasteiger partial charge in [0, 0.05) is 18.0 Å². The van der Waals surface area contributed by atoms with E-state index in [1.807, 2.05) is 44.2 Å². The van der Waals surface area contributed by atoms with Gasteiger partial charge in [0.15, 0.2) is 0 Å². The zero-order valence-corrected chi connectivity index (χ0v) is 19.2. The molecule has 0 aromatic heterocycles. The Bertz CT molecular complexity index is 1020. The van der Waals surface area contributed by atoms with Crippen molar-refractivity contribution in [2.75, 3.05) is 13.2 Å². The molecule has 7 nitrogen and oxygen atoms in total. The fraction of sp³-hybridized carbons (Fsp3) is 0.375. The molecule has 0 saturated carbocycles. The van der Waals surface area contributed by atoms with E-state index in [2.05, 4.69) is 34.5 Å². The molecular formula is C24H28N4O3S. The fourth-order valence-corrected chi connectivity index (χ4v) is 4.61. The van der Waals surface area contributed by atoms with Crippen LogP contribution >= 0.6 is 11.8 Å². The van der Waals surface area contributed by atoms with Gasteiger partial charge in [0.2, 0.25) is 0 Å². The first-order valence-electron chi connectivity index (χ1n) is 10.5. The summed E-state index contributed by atoms with van der Waals surface area (Å²) >= 11 is 1.56. The SMILES string of the molecule is C=N/N=C(\SCc1ccc(OC(C)C)c(C#N)c1)c1cccc2c1CCC2NOCCO. The second kappa shape index (κ2) is 11.8. The Morgan fingerprint density at radius 3 is 2.94 bits per heavy atom. The molecule has 1 atom stereocenters. The van der Waals surface area contributed by atoms with E-state index >= 15 is 0 Å². The normalized spacial score (nSPS) is 15.5. The number of fused-ring (bicyclic) bond motifs is 1. The molecule has 0 fully saturated rings. The smallest absolute Gasteiger partial charge is 0.137 e. The lowest BCUT2D eigenvalue weighted by atomic mass is 10.0. The highest BCUT2D eigenvalue weighted by molar-refractivity contribution is 8.13. The van der Waals surface area contributed by atoms with Gasteiger partial charge in [0.1, 0.15) is 16.9 Å². The molecule has 168 valence electrons. The van der Waals surface area contributed by atoms with Crippen molar-refractivity contribution in [3.8, 4) is 11.8 Å². The molecule has 2 aromatic carbocycles. The summed E-state index contributed by atoms with van der Waals surface area (Å²) in [5.74, 6) is 1.23. The van der Waals surface area contributed by atoms with Gasteiger partial charge in [-0.1, -0.05) is 36.0 Å². The maximum absolute atomic E-state index is 9.49. The number of hydroxylamine groups is 1. The molecule has 0 radical (unpaired) electrons. The molecule has 0 spiro atoms. The lowest BCUT2D eigenvalue weighted by Gasteiger charge is -2.15. The number of aliphatic hydroxyl groups is 1. The van der Waals surface area contributed by atoms with Gasteiger partial charge in [-0.3, -0.25) is 4.84 Å². The molecule has 0 heterocycles. The Labute approximate surface area is 193 Å². The van der Waals surface area contributed by atoms with Crippen molar-refractivity contribution in [1.29, 1.82) is 5.26 Å². The van der Waals surface area contributed by atoms with Crippen LogP contribution in [-0.4, -0.2) is 36.2 Å². The third-order valence-corrected chi connectivity index (χ3v) is 6.04. The van der Waals surface area contributed by atoms with Crippen LogP contribution in [0.25, 0.3) is 0 Å². The summed E-state index contributed by atoms with van der Waals surface area (Å²) in [6, 6.07) is 14.1. The molecule has 1 unspecified atom stereocenters. The van der Waals surface area contributed by atoms with Crippen LogP contribution in [0.5, 0.6) is 5.75 Å². The van der Waals surface area contributed by atoms with Gasteiger partial charge in [-0.15, -0.1) is 5.10 Å². The average Bonchev–Trinajstić information content (AvgIpc) is 3.20. The maximum atomic E-state index is 9.49. The number of hydrogen-bond donors (Lipinski definition) is 2. The van der Waals surface area contributed by atoms with E-state index in [-0.39, 0.29) is 25.4 Å². The van der Waals surface area contributed by atoms with Crippen LogP contribution < -0.4 is 10.2 Å². The molecule has 0 saturated heterocycles. The van der Waals surface area contributed by atoms with Crippen LogP contribution in [0.2, 0.25) is 0 Å². The summed E-state index contributed by atoms with van der Waals surface area (Å²) in [7, 11) is 0. The number of nitrogens with zero attached hydrogens (tertiary/aromatic N) is 3. The topological polar surface area (TPSA) is 99.2 Å². The van der Waals surface area contributed by atoms with Gasteiger partial charge in [-0.25, -0.2) is 0 Å². The van der Waals surface area contributed by atoms with Crippen LogP contribution in [0, 0.1) is 11.3 Å². The molecule has 0 amide bonds. The second-order valence-electron chi connectivity index (χ2n) is 7.60. The minimum absolute atomic E-state index is 0.00672. The third kappa shape index (κ3) is 5.96. The van der Waals surface area contributed by atoms with Gasteiger partial charge in [0.05, 0.1) is 30.9 Å². The average molecular weight is 453 g/mol. The van der Waals surface area contributed by atoms with Gasteiger partial charge >= 0.3 is 0 Å². The van der Waals surface area contributed by atoms with E-state index in [0.717, 1.165) is 29.0 Å². The predicted molar refractivity (Wildman–Crippen MR) is 128 cm³/mol. The molecule has 2 N–H and O–H groups in total. The first-order chi connectivity index (χ1) is 15.6. The van der Waals surface area contributed by atoms with E-state index in [0.29, 0.717) is 17.1 Å². The highest BCUT2D eigenvalue weighted by Gasteiger charge is 2.26. The number of benzene rings is 2. The van der Waals surface area contributed by atoms with E-state index in [4.69, 9.17) is 14.7 Å². The number of hydrogen-bond acceptors (Lipinski definition) is 8. The standard InChI is InChI=1S/C24H28N4O3S/c1-16(2)31-23-10-7-17(13-18(23)14-25)15-32-24(27-26-3)21-6-4-5-20-19(21)8-9-22(20)28-30-12-11-29/h4-7,10,13,16,22,28-29H,3,8-9,11-12,15H2,1-2H3/b27-24-. The second-order valence-corrected chi connectivity index (χ2v) is 8.56. The molecule has 0 aliphatic heterocycles. The summed E-state index contributed by atoms with van der Waals surface area (Å²) < 4.78 is 5.71. The fourth-order valence-electron chi connectivity index (χ4n) is 3.67. The minimum Gasteiger partial charge on any atom is -0.490 e. The highest BCUT2D eigenvalue weighted by Crippen LogP contribution is 2.35. The lowest BCUT2D eigenvalue weighted by molar-refractivity contribution is -0.00361. The first-order valence-corrected chi connectivity index (χ1v) is 11.5. The Kier molecular flexibility index (Phi) is 8.82. The minimum atomic E-state index is -0.0246. The van der Waals surface area contributed by atoms with E-state index in [1.165, 1.54) is 11.1 Å². The van der Waals surface area contributed by atoms with Gasteiger partial charge in [0.25, 0.3) is 0 Å². The molecule has 32 heavy (non-hydrogen) atoms. The van der Waals surface area contributed by atoms with Crippen LogP contribution in [-0.2, 0) is 17.0 Å². The van der Waals surface area contributed by atoms with Gasteiger partial charge < -0.3 is 9.84 Å². The number of thioether (sulfide) groups is 1. The van der Waals surface area contributed by atoms with Crippen LogP contribution in [0.3, 0.4) is 0 Å². The van der Waals surface area contributed by atoms with Crippen LogP contribution in [0.15, 0.2) is 46.6 Å². The summed E-state index contributed by atoms with van der Waals surface area (Å²) in [5, 5.41) is 27.3. The molecule has 1 aliphatic carbocycles. The van der Waals surface area contributed by atoms with Crippen LogP contribution in [0.4, 0.5) is 0 Å². The lowest BCUT2D eigenvalue weighted by Crippen LogP contribution is -2.21. The Hall–Kier alpha value is -2.70. The van der Waals surface area contributed by atoms with Crippen molar-refractivity contribution >= 4 is 23.5 Å². The summed E-state index contributed by atoms with van der Waals surface area (Å²) in [4.78, 5) is 5.33. The Morgan fingerprint density at radius 1 is 1.38 bits per heavy atom. The predicted octanol–water partition coefficient (Wildman–Crippen LogP) is 4.14. The summed E-state index contributed by atoms with van der Waals surface area (Å²) in [5.41, 5.74) is 7.98. The zero-order valence-electron chi connectivity index (χ0n) is 18.4. The van der Waals surface area contributed by atoms with Crippen molar-refractivity contribution in [3.63, 3.8) is 0 Å². The van der Waals surface area contributed by atoms with Crippen molar-refractivity contribution in [2.24, 2.45) is 10.2 Å². The largest absolute Gasteiger partial charge is 0.490 e. The quantitative estimate of drug-likeness (QED) is 0.243. The molecule has 2 aromatic rings. The first kappa shape index (κ1) is 24.0. The number of ether oxygens (including phenoxy) is 1. The Morgan fingerprint density at radius 2 is 2.22 bits per heavy atom.